The number of carbonyl (C=O) groups is 3. The molecule has 0 aliphatic rings. The Bertz CT molecular complexity index is 3590. The van der Waals surface area contributed by atoms with E-state index in [0.29, 0.717) is 118 Å². The quantitative estimate of drug-likeness (QED) is 0.0185. The molecule has 31 heteroatoms. The number of methoxy groups -OCH3 is 5. The molecular weight excluding hydrogens is 1230 g/mol. The fourth-order valence-corrected chi connectivity index (χ4v) is 10.4. The summed E-state index contributed by atoms with van der Waals surface area (Å²) in [6.45, 7) is 23.6. The molecule has 0 bridgehead atoms. The number of ether oxygens (including phenoxy) is 6. The maximum atomic E-state index is 12.6. The van der Waals surface area contributed by atoms with E-state index in [1.54, 1.807) is 63.2 Å². The van der Waals surface area contributed by atoms with Crippen molar-refractivity contribution in [3.05, 3.63) is 74.1 Å². The molecule has 6 aromatic heterocycles. The van der Waals surface area contributed by atoms with Crippen LogP contribution in [-0.2, 0) is 93.2 Å². The molecule has 0 saturated heterocycles. The second-order valence-corrected chi connectivity index (χ2v) is 23.6. The fourth-order valence-electron chi connectivity index (χ4n) is 8.75. The zero-order chi connectivity index (χ0) is 66.7. The third-order valence-corrected chi connectivity index (χ3v) is 15.3. The summed E-state index contributed by atoms with van der Waals surface area (Å²) >= 11 is 0. The highest BCUT2D eigenvalue weighted by Gasteiger charge is 2.28. The van der Waals surface area contributed by atoms with Crippen LogP contribution in [0, 0.1) is 29.1 Å². The van der Waals surface area contributed by atoms with Crippen molar-refractivity contribution in [3.8, 4) is 11.9 Å². The first-order chi connectivity index (χ1) is 43.6. The number of imidazole rings is 3. The number of hydrogen-bond acceptors (Lipinski definition) is 22. The van der Waals surface area contributed by atoms with Crippen LogP contribution in [0.2, 0.25) is 0 Å². The Hall–Kier alpha value is -7.72. The number of hydrogen-bond donors (Lipinski definition) is 5. The first kappa shape index (κ1) is 82.4. The molecule has 3 amide bonds. The van der Waals surface area contributed by atoms with Gasteiger partial charge in [-0.3, -0.25) is 49.9 Å². The third kappa shape index (κ3) is 23.9. The molecule has 0 saturated carbocycles. The molecule has 522 valence electrons. The van der Waals surface area contributed by atoms with E-state index in [9.17, 15) is 24.0 Å². The molecule has 0 aliphatic heterocycles. The van der Waals surface area contributed by atoms with Gasteiger partial charge in [0.15, 0.2) is 33.5 Å². The summed E-state index contributed by atoms with van der Waals surface area (Å²) in [4.78, 5) is 97.5. The van der Waals surface area contributed by atoms with Gasteiger partial charge in [0, 0.05) is 98.2 Å². The molecule has 0 aliphatic carbocycles. The molecule has 0 radical (unpaired) electrons. The van der Waals surface area contributed by atoms with Gasteiger partial charge in [0.05, 0.1) is 25.7 Å². The number of carbonyl (C=O) groups excluding carboxylic acids is 3. The predicted molar refractivity (Wildman–Crippen MR) is 364 cm³/mol. The topological polar surface area (TPSA) is 359 Å². The number of nitriles is 1. The second-order valence-electron chi connectivity index (χ2n) is 22.2. The van der Waals surface area contributed by atoms with Crippen molar-refractivity contribution in [2.75, 3.05) is 77.9 Å². The first-order valence-corrected chi connectivity index (χ1v) is 31.2. The summed E-state index contributed by atoms with van der Waals surface area (Å²) in [6.07, 6.45) is 2.40. The van der Waals surface area contributed by atoms with E-state index in [4.69, 9.17) is 42.7 Å². The van der Waals surface area contributed by atoms with Gasteiger partial charge in [-0.05, 0) is 52.5 Å². The molecule has 1 atom stereocenters. The van der Waals surface area contributed by atoms with E-state index < -0.39 is 19.6 Å². The zero-order valence-corrected chi connectivity index (χ0v) is 55.9. The smallest absolute Gasteiger partial charge is 0.280 e. The molecule has 0 fully saturated rings. The highest BCUT2D eigenvalue weighted by atomic mass is 31.2. The van der Waals surface area contributed by atoms with Crippen LogP contribution >= 0.6 is 8.53 Å². The van der Waals surface area contributed by atoms with Crippen LogP contribution in [0.4, 0.5) is 17.8 Å². The number of anilines is 3. The Morgan fingerprint density at radius 3 is 1.34 bits per heavy atom. The van der Waals surface area contributed by atoms with Gasteiger partial charge in [0.2, 0.25) is 41.4 Å². The van der Waals surface area contributed by atoms with Crippen LogP contribution in [0.15, 0.2) is 39.9 Å². The number of aryl methyl sites for hydroxylation is 3. The van der Waals surface area contributed by atoms with Crippen molar-refractivity contribution in [1.29, 1.82) is 5.26 Å². The van der Waals surface area contributed by atoms with Gasteiger partial charge in [0.25, 0.3) is 19.6 Å². The van der Waals surface area contributed by atoms with Crippen LogP contribution in [0.25, 0.3) is 33.5 Å². The lowest BCUT2D eigenvalue weighted by atomic mass is 10.2. The average molecular weight is 1340 g/mol. The largest absolute Gasteiger partial charge is 0.471 e. The Morgan fingerprint density at radius 2 is 0.936 bits per heavy atom. The van der Waals surface area contributed by atoms with Crippen LogP contribution in [0.5, 0.6) is 5.88 Å². The highest BCUT2D eigenvalue weighted by Crippen LogP contribution is 2.46. The summed E-state index contributed by atoms with van der Waals surface area (Å²) in [5, 5.41) is 16.9. The maximum Gasteiger partial charge on any atom is 0.280 e. The van der Waals surface area contributed by atoms with E-state index in [1.165, 1.54) is 0 Å². The van der Waals surface area contributed by atoms with Crippen molar-refractivity contribution in [1.82, 2.24) is 63.2 Å². The monoisotopic (exact) mass is 1340 g/mol. The third-order valence-electron chi connectivity index (χ3n) is 13.2. The van der Waals surface area contributed by atoms with Crippen molar-refractivity contribution < 1.29 is 51.9 Å². The summed E-state index contributed by atoms with van der Waals surface area (Å²) in [7, 11) is 6.68. The Balaban J connectivity index is 0.000000481. The first-order valence-electron chi connectivity index (χ1n) is 30.1. The number of aromatic amines is 2. The van der Waals surface area contributed by atoms with Crippen molar-refractivity contribution in [3.63, 3.8) is 0 Å². The minimum atomic E-state index is -1.34. The summed E-state index contributed by atoms with van der Waals surface area (Å²) < 4.78 is 51.9. The van der Waals surface area contributed by atoms with Gasteiger partial charge in [-0.25, -0.2) is 19.6 Å². The van der Waals surface area contributed by atoms with Crippen LogP contribution in [0.1, 0.15) is 140 Å². The number of fused-ring (bicyclic) bond motifs is 3. The summed E-state index contributed by atoms with van der Waals surface area (Å²) in [5.41, 5.74) is 2.46. The molecule has 1 aromatic carbocycles. The zero-order valence-electron chi connectivity index (χ0n) is 55.0. The SMILES string of the molecule is C.C.C.COCCCn1c(COC)nc2c(=O)[nH]c(NC(=O)C(C)C)nc21.COCCCn1c(COC)nc2c(OCc3ccccc3)nc(NC(=O)C(C)C)nc21.COCc1nc2c(=O)[nH]c(NC(=O)C(C)C)nc2n1CCCOP(OCCC#N)N(C(C)C)C(C)C. The molecule has 94 heavy (non-hydrogen) atoms. The summed E-state index contributed by atoms with van der Waals surface area (Å²) in [5.74, 6) is 1.22. The Labute approximate surface area is 552 Å². The molecule has 1 unspecified atom stereocenters. The average Bonchev–Trinajstić information content (AvgIpc) is 1.64. The van der Waals surface area contributed by atoms with Crippen LogP contribution in [-0.4, -0.2) is 155 Å². The van der Waals surface area contributed by atoms with Gasteiger partial charge >= 0.3 is 0 Å². The summed E-state index contributed by atoms with van der Waals surface area (Å²) in [6, 6.07) is 12.3. The van der Waals surface area contributed by atoms with Crippen molar-refractivity contribution in [2.24, 2.45) is 17.8 Å². The number of H-pyrrole nitrogens is 2. The number of nitrogens with one attached hydrogen (secondary N) is 5. The number of aromatic nitrogens is 12. The molecule has 7 rings (SSSR count). The lowest BCUT2D eigenvalue weighted by Gasteiger charge is -2.35. The number of nitrogens with zero attached hydrogens (tertiary/aromatic N) is 12. The maximum absolute atomic E-state index is 12.6. The minimum absolute atomic E-state index is 0. The second kappa shape index (κ2) is 41.9. The van der Waals surface area contributed by atoms with Gasteiger partial charge in [-0.2, -0.15) is 25.2 Å². The van der Waals surface area contributed by atoms with E-state index in [1.807, 2.05) is 57.9 Å². The lowest BCUT2D eigenvalue weighted by Crippen LogP contribution is -2.33. The van der Waals surface area contributed by atoms with Gasteiger partial charge in [-0.15, -0.1) is 0 Å². The van der Waals surface area contributed by atoms with Gasteiger partial charge in [0.1, 0.15) is 43.9 Å². The molecule has 0 spiro atoms. The van der Waals surface area contributed by atoms with Crippen LogP contribution in [0.3, 0.4) is 0 Å². The number of rotatable bonds is 34. The van der Waals surface area contributed by atoms with E-state index in [-0.39, 0.29) is 112 Å². The highest BCUT2D eigenvalue weighted by molar-refractivity contribution is 7.44. The molecule has 7 aromatic rings. The fraction of sp³-hybridized carbons (Fsp3) is 0.603. The molecular formula is C63H102N17O13P. The van der Waals surface area contributed by atoms with Crippen molar-refractivity contribution in [2.45, 2.75) is 175 Å². The van der Waals surface area contributed by atoms with E-state index in [0.717, 1.165) is 18.4 Å². The van der Waals surface area contributed by atoms with E-state index >= 15 is 0 Å². The van der Waals surface area contributed by atoms with Gasteiger partial charge < -0.3 is 51.2 Å². The molecule has 5 N–H and O–H groups in total. The molecule has 6 heterocycles. The number of benzene rings is 1. The Kier molecular flexibility index (Phi) is 36.7. The van der Waals surface area contributed by atoms with Gasteiger partial charge in [-0.1, -0.05) is 94.2 Å². The van der Waals surface area contributed by atoms with E-state index in [2.05, 4.69) is 99.2 Å². The normalized spacial score (nSPS) is 11.5. The van der Waals surface area contributed by atoms with Crippen molar-refractivity contribution >= 4 is 77.6 Å². The van der Waals surface area contributed by atoms with Crippen LogP contribution < -0.4 is 31.8 Å². The Morgan fingerprint density at radius 1 is 0.532 bits per heavy atom. The standard InChI is InChI=1S/C23H38N7O5P.C22H29N5O4.C15H23N5O4.3CH4/c1-15(2)21(31)27-23-26-20-19(22(32)28-23)25-18(14-33-7)29(20)11-9-13-35-36(34-12-8-10-24)30(16(3)4)17(5)6;1-15(2)20(28)25-22-24-19-18(21(26-22)31-13-16-9-6-5-7-10-16)23-17(14-30-4)27(19)11-8-12-29-3;1-9(2)13(21)18-15-17-12-11(14(22)19-15)16-10(8-24-4)20(12)6-5-7-23-3;;;/h15-17H,8-9,11-14H2,1-7H3,(H2,26,27,28,31,32);5-7,9-10,15H,8,11-14H2,1-4H3,(H,24,25,26,28);9H,5-8H2,1-4H3,(H2,17,18,19,21,22);3*1H4. The predicted octanol–water partition coefficient (Wildman–Crippen LogP) is 9.53. The minimum Gasteiger partial charge on any atom is -0.471 e. The number of amides is 3. The molecule has 30 nitrogen and oxygen atoms in total. The lowest BCUT2D eigenvalue weighted by molar-refractivity contribution is -0.119.